The zero-order chi connectivity index (χ0) is 20.0. The average molecular weight is 380 g/mol. The minimum absolute atomic E-state index is 0.0538. The van der Waals surface area contributed by atoms with Crippen LogP contribution in [0.15, 0.2) is 18.3 Å². The van der Waals surface area contributed by atoms with Crippen LogP contribution < -0.4 is 16.1 Å². The molecule has 3 N–H and O–H groups in total. The van der Waals surface area contributed by atoms with E-state index >= 15 is 0 Å². The number of hydrogen-bond donors (Lipinski definition) is 3. The number of nitrogens with zero attached hydrogens (tertiary/aromatic N) is 1. The first kappa shape index (κ1) is 20.8. The van der Waals surface area contributed by atoms with Gasteiger partial charge in [-0.2, -0.15) is 0 Å². The van der Waals surface area contributed by atoms with Crippen molar-refractivity contribution in [1.29, 1.82) is 0 Å². The lowest BCUT2D eigenvalue weighted by atomic mass is 10.1. The molecule has 1 aromatic heterocycles. The molecule has 27 heavy (non-hydrogen) atoms. The Balaban J connectivity index is 1.91. The highest BCUT2D eigenvalue weighted by atomic mass is 16.6. The predicted octanol–water partition coefficient (Wildman–Crippen LogP) is 1.38. The number of ether oxygens (including phenoxy) is 2. The van der Waals surface area contributed by atoms with Gasteiger partial charge in [0.15, 0.2) is 0 Å². The SMILES string of the molecule is C[C@H](NC(=O)OC(C)(C)C)C(=O)Nn1cccc1C(=O)NC1CCOCC1. The summed E-state index contributed by atoms with van der Waals surface area (Å²) in [6.07, 6.45) is 2.40. The van der Waals surface area contributed by atoms with Crippen molar-refractivity contribution < 1.29 is 23.9 Å². The molecule has 1 atom stereocenters. The van der Waals surface area contributed by atoms with E-state index in [1.807, 2.05) is 0 Å². The van der Waals surface area contributed by atoms with E-state index < -0.39 is 23.6 Å². The van der Waals surface area contributed by atoms with Gasteiger partial charge in [-0.1, -0.05) is 0 Å². The van der Waals surface area contributed by atoms with Crippen LogP contribution >= 0.6 is 0 Å². The lowest BCUT2D eigenvalue weighted by Gasteiger charge is -2.24. The average Bonchev–Trinajstić information content (AvgIpc) is 3.02. The first-order chi connectivity index (χ1) is 12.7. The van der Waals surface area contributed by atoms with Crippen LogP contribution in [0, 0.1) is 0 Å². The van der Waals surface area contributed by atoms with Crippen LogP contribution in [0.1, 0.15) is 51.0 Å². The van der Waals surface area contributed by atoms with Crippen LogP contribution in [0.4, 0.5) is 4.79 Å². The fourth-order valence-corrected chi connectivity index (χ4v) is 2.53. The van der Waals surface area contributed by atoms with Crippen molar-refractivity contribution in [3.05, 3.63) is 24.0 Å². The number of amides is 3. The second-order valence-corrected chi connectivity index (χ2v) is 7.47. The second-order valence-electron chi connectivity index (χ2n) is 7.47. The Labute approximate surface area is 158 Å². The summed E-state index contributed by atoms with van der Waals surface area (Å²) in [4.78, 5) is 36.6. The molecule has 0 radical (unpaired) electrons. The van der Waals surface area contributed by atoms with Crippen LogP contribution in [-0.4, -0.2) is 53.5 Å². The van der Waals surface area contributed by atoms with Crippen LogP contribution in [0.5, 0.6) is 0 Å². The summed E-state index contributed by atoms with van der Waals surface area (Å²) in [5, 5.41) is 5.40. The molecule has 0 aliphatic carbocycles. The van der Waals surface area contributed by atoms with Gasteiger partial charge in [-0.05, 0) is 52.7 Å². The molecule has 0 aromatic carbocycles. The number of aromatic nitrogens is 1. The molecule has 0 saturated carbocycles. The molecule has 150 valence electrons. The molecule has 2 rings (SSSR count). The van der Waals surface area contributed by atoms with Crippen molar-refractivity contribution in [2.75, 3.05) is 18.6 Å². The van der Waals surface area contributed by atoms with Gasteiger partial charge >= 0.3 is 6.09 Å². The van der Waals surface area contributed by atoms with Gasteiger partial charge < -0.3 is 20.1 Å². The maximum absolute atomic E-state index is 12.5. The minimum Gasteiger partial charge on any atom is -0.444 e. The molecule has 0 bridgehead atoms. The van der Waals surface area contributed by atoms with Gasteiger partial charge in [-0.3, -0.25) is 19.7 Å². The van der Waals surface area contributed by atoms with E-state index in [2.05, 4.69) is 16.1 Å². The van der Waals surface area contributed by atoms with Gasteiger partial charge in [0.05, 0.1) is 0 Å². The van der Waals surface area contributed by atoms with E-state index in [4.69, 9.17) is 9.47 Å². The summed E-state index contributed by atoms with van der Waals surface area (Å²) in [7, 11) is 0. The van der Waals surface area contributed by atoms with Gasteiger partial charge in [-0.25, -0.2) is 4.79 Å². The Morgan fingerprint density at radius 1 is 1.26 bits per heavy atom. The van der Waals surface area contributed by atoms with E-state index in [0.29, 0.717) is 18.9 Å². The predicted molar refractivity (Wildman–Crippen MR) is 98.9 cm³/mol. The fraction of sp³-hybridized carbons (Fsp3) is 0.611. The van der Waals surface area contributed by atoms with Crippen LogP contribution in [0.3, 0.4) is 0 Å². The number of hydrogen-bond acceptors (Lipinski definition) is 5. The molecular weight excluding hydrogens is 352 g/mol. The first-order valence-electron chi connectivity index (χ1n) is 9.02. The van der Waals surface area contributed by atoms with Gasteiger partial charge in [0, 0.05) is 25.5 Å². The molecule has 3 amide bonds. The van der Waals surface area contributed by atoms with E-state index in [0.717, 1.165) is 12.8 Å². The van der Waals surface area contributed by atoms with E-state index in [9.17, 15) is 14.4 Å². The quantitative estimate of drug-likeness (QED) is 0.715. The number of nitrogens with one attached hydrogen (secondary N) is 3. The fourth-order valence-electron chi connectivity index (χ4n) is 2.53. The lowest BCUT2D eigenvalue weighted by Crippen LogP contribution is -2.46. The molecule has 9 heteroatoms. The molecular formula is C18H28N4O5. The van der Waals surface area contributed by atoms with Crippen LogP contribution in [-0.2, 0) is 14.3 Å². The zero-order valence-electron chi connectivity index (χ0n) is 16.2. The molecule has 0 spiro atoms. The highest BCUT2D eigenvalue weighted by Crippen LogP contribution is 2.09. The Hall–Kier alpha value is -2.55. The Bertz CT molecular complexity index is 674. The summed E-state index contributed by atoms with van der Waals surface area (Å²) < 4.78 is 11.7. The third kappa shape index (κ3) is 6.59. The maximum atomic E-state index is 12.5. The summed E-state index contributed by atoms with van der Waals surface area (Å²) in [6.45, 7) is 7.99. The molecule has 0 unspecified atom stereocenters. The number of carbonyl (C=O) groups excluding carboxylic acids is 3. The van der Waals surface area contributed by atoms with Gasteiger partial charge in [0.25, 0.3) is 11.8 Å². The topological polar surface area (TPSA) is 111 Å². The van der Waals surface area contributed by atoms with E-state index in [1.54, 1.807) is 39.1 Å². The standard InChI is InChI=1S/C18H28N4O5/c1-12(19-17(25)27-18(2,3)4)15(23)21-22-9-5-6-14(22)16(24)20-13-7-10-26-11-8-13/h5-6,9,12-13H,7-8,10-11H2,1-4H3,(H,19,25)(H,20,24)(H,21,23)/t12-/m0/s1. The highest BCUT2D eigenvalue weighted by molar-refractivity contribution is 5.95. The third-order valence-corrected chi connectivity index (χ3v) is 3.90. The molecule has 1 aliphatic heterocycles. The second kappa shape index (κ2) is 8.90. The van der Waals surface area contributed by atoms with Gasteiger partial charge in [0.1, 0.15) is 17.3 Å². The molecule has 2 heterocycles. The Morgan fingerprint density at radius 2 is 1.93 bits per heavy atom. The van der Waals surface area contributed by atoms with Crippen molar-refractivity contribution in [2.24, 2.45) is 0 Å². The molecule has 9 nitrogen and oxygen atoms in total. The molecule has 1 fully saturated rings. The van der Waals surface area contributed by atoms with E-state index in [1.165, 1.54) is 11.6 Å². The molecule has 1 saturated heterocycles. The third-order valence-electron chi connectivity index (χ3n) is 3.90. The number of alkyl carbamates (subject to hydrolysis) is 1. The van der Waals surface area contributed by atoms with Crippen molar-refractivity contribution in [3.63, 3.8) is 0 Å². The summed E-state index contributed by atoms with van der Waals surface area (Å²) in [5.74, 6) is -0.753. The van der Waals surface area contributed by atoms with E-state index in [-0.39, 0.29) is 11.9 Å². The van der Waals surface area contributed by atoms with Gasteiger partial charge in [0.2, 0.25) is 0 Å². The Morgan fingerprint density at radius 3 is 2.56 bits per heavy atom. The van der Waals surface area contributed by atoms with Crippen LogP contribution in [0.2, 0.25) is 0 Å². The summed E-state index contributed by atoms with van der Waals surface area (Å²) in [6, 6.07) is 2.48. The Kier molecular flexibility index (Phi) is 6.84. The summed E-state index contributed by atoms with van der Waals surface area (Å²) in [5.41, 5.74) is 2.25. The molecule has 1 aromatic rings. The smallest absolute Gasteiger partial charge is 0.408 e. The normalized spacial score (nSPS) is 16.3. The largest absolute Gasteiger partial charge is 0.444 e. The molecule has 1 aliphatic rings. The van der Waals surface area contributed by atoms with Crippen molar-refractivity contribution >= 4 is 17.9 Å². The lowest BCUT2D eigenvalue weighted by molar-refractivity contribution is -0.118. The number of rotatable bonds is 5. The van der Waals surface area contributed by atoms with Crippen molar-refractivity contribution in [1.82, 2.24) is 15.3 Å². The zero-order valence-corrected chi connectivity index (χ0v) is 16.2. The minimum atomic E-state index is -0.839. The maximum Gasteiger partial charge on any atom is 0.408 e. The first-order valence-corrected chi connectivity index (χ1v) is 9.02. The van der Waals surface area contributed by atoms with Crippen molar-refractivity contribution in [2.45, 2.75) is 58.2 Å². The van der Waals surface area contributed by atoms with Gasteiger partial charge in [-0.15, -0.1) is 0 Å². The summed E-state index contributed by atoms with van der Waals surface area (Å²) >= 11 is 0. The van der Waals surface area contributed by atoms with Crippen molar-refractivity contribution in [3.8, 4) is 0 Å². The monoisotopic (exact) mass is 380 g/mol. The number of carbonyl (C=O) groups is 3. The van der Waals surface area contributed by atoms with Crippen LogP contribution in [0.25, 0.3) is 0 Å². The highest BCUT2D eigenvalue weighted by Gasteiger charge is 2.23.